The van der Waals surface area contributed by atoms with Crippen LogP contribution < -0.4 is 11.2 Å². The fourth-order valence-electron chi connectivity index (χ4n) is 4.30. The first-order chi connectivity index (χ1) is 16.5. The summed E-state index contributed by atoms with van der Waals surface area (Å²) < 4.78 is 2.39. The van der Waals surface area contributed by atoms with E-state index in [-0.39, 0.29) is 30.0 Å². The maximum Gasteiger partial charge on any atom is 0.333 e. The monoisotopic (exact) mass is 475 g/mol. The largest absolute Gasteiger partial charge is 0.336 e. The summed E-state index contributed by atoms with van der Waals surface area (Å²) in [6.45, 7) is 2.77. The minimum atomic E-state index is -0.571. The standard InChI is InChI=1S/C25H22ClN5O3/c1-2-30-23-20(13-27-22(28-23)17-7-9-19(26)10-8-17)24(33)31(25(30)34)15-21(32)29-12-11-16-5-3-4-6-18(16)14-29/h3-10,13H,2,11-12,14-15H2,1H3. The highest BCUT2D eigenvalue weighted by Crippen LogP contribution is 2.20. The molecule has 8 nitrogen and oxygen atoms in total. The fourth-order valence-corrected chi connectivity index (χ4v) is 4.43. The molecule has 4 aromatic rings. The summed E-state index contributed by atoms with van der Waals surface area (Å²) in [6.07, 6.45) is 2.16. The lowest BCUT2D eigenvalue weighted by Crippen LogP contribution is -2.46. The van der Waals surface area contributed by atoms with Crippen LogP contribution in [0.2, 0.25) is 5.02 Å². The zero-order valence-corrected chi connectivity index (χ0v) is 19.3. The summed E-state index contributed by atoms with van der Waals surface area (Å²) in [4.78, 5) is 50.0. The Morgan fingerprint density at radius 2 is 1.76 bits per heavy atom. The fraction of sp³-hybridized carbons (Fsp3) is 0.240. The van der Waals surface area contributed by atoms with Gasteiger partial charge in [-0.2, -0.15) is 0 Å². The average molecular weight is 476 g/mol. The molecule has 0 spiro atoms. The van der Waals surface area contributed by atoms with Gasteiger partial charge in [-0.25, -0.2) is 14.8 Å². The van der Waals surface area contributed by atoms with Crippen molar-refractivity contribution >= 4 is 28.5 Å². The molecule has 1 aliphatic rings. The number of carbonyl (C=O) groups is 1. The SMILES string of the molecule is CCn1c(=O)n(CC(=O)N2CCc3ccccc3C2)c(=O)c2cnc(-c3ccc(Cl)cc3)nc21. The first-order valence-corrected chi connectivity index (χ1v) is 11.4. The smallest absolute Gasteiger partial charge is 0.333 e. The second-order valence-corrected chi connectivity index (χ2v) is 8.63. The Morgan fingerprint density at radius 3 is 2.50 bits per heavy atom. The third-order valence-electron chi connectivity index (χ3n) is 6.16. The van der Waals surface area contributed by atoms with E-state index in [1.807, 2.05) is 18.2 Å². The van der Waals surface area contributed by atoms with Crippen molar-refractivity contribution in [3.05, 3.63) is 91.7 Å². The minimum absolute atomic E-state index is 0.191. The van der Waals surface area contributed by atoms with E-state index in [2.05, 4.69) is 16.0 Å². The van der Waals surface area contributed by atoms with E-state index in [9.17, 15) is 14.4 Å². The molecule has 0 saturated carbocycles. The van der Waals surface area contributed by atoms with Gasteiger partial charge in [0.2, 0.25) is 5.91 Å². The molecule has 3 heterocycles. The van der Waals surface area contributed by atoms with Gasteiger partial charge in [0, 0.05) is 36.4 Å². The van der Waals surface area contributed by atoms with Crippen LogP contribution in [0.5, 0.6) is 0 Å². The maximum absolute atomic E-state index is 13.2. The van der Waals surface area contributed by atoms with E-state index < -0.39 is 11.2 Å². The molecule has 172 valence electrons. The van der Waals surface area contributed by atoms with Crippen molar-refractivity contribution in [1.29, 1.82) is 0 Å². The van der Waals surface area contributed by atoms with Crippen LogP contribution in [0.3, 0.4) is 0 Å². The lowest BCUT2D eigenvalue weighted by Gasteiger charge is -2.29. The van der Waals surface area contributed by atoms with Gasteiger partial charge in [-0.05, 0) is 48.7 Å². The number of aryl methyl sites for hydroxylation is 1. The van der Waals surface area contributed by atoms with Gasteiger partial charge in [-0.15, -0.1) is 0 Å². The van der Waals surface area contributed by atoms with Crippen molar-refractivity contribution < 1.29 is 4.79 Å². The molecule has 0 aliphatic carbocycles. The molecule has 0 saturated heterocycles. The molecule has 34 heavy (non-hydrogen) atoms. The number of nitrogens with zero attached hydrogens (tertiary/aromatic N) is 5. The molecule has 0 fully saturated rings. The normalized spacial score (nSPS) is 13.2. The lowest BCUT2D eigenvalue weighted by molar-refractivity contribution is -0.132. The van der Waals surface area contributed by atoms with Crippen molar-refractivity contribution in [2.75, 3.05) is 6.54 Å². The molecule has 5 rings (SSSR count). The molecule has 0 N–H and O–H groups in total. The van der Waals surface area contributed by atoms with Crippen LogP contribution in [0.4, 0.5) is 0 Å². The molecule has 2 aromatic heterocycles. The van der Waals surface area contributed by atoms with E-state index in [4.69, 9.17) is 11.6 Å². The van der Waals surface area contributed by atoms with Gasteiger partial charge in [0.25, 0.3) is 5.56 Å². The molecule has 0 atom stereocenters. The number of amides is 1. The molecular formula is C25H22ClN5O3. The van der Waals surface area contributed by atoms with Crippen LogP contribution in [0.25, 0.3) is 22.4 Å². The lowest BCUT2D eigenvalue weighted by atomic mass is 10.00. The van der Waals surface area contributed by atoms with Crippen LogP contribution in [-0.2, 0) is 30.8 Å². The molecule has 0 radical (unpaired) electrons. The highest BCUT2D eigenvalue weighted by atomic mass is 35.5. The van der Waals surface area contributed by atoms with E-state index in [0.29, 0.717) is 29.5 Å². The predicted octanol–water partition coefficient (Wildman–Crippen LogP) is 2.88. The number of hydrogen-bond acceptors (Lipinski definition) is 5. The third-order valence-corrected chi connectivity index (χ3v) is 6.41. The topological polar surface area (TPSA) is 90.1 Å². The molecular weight excluding hydrogens is 454 g/mol. The summed E-state index contributed by atoms with van der Waals surface area (Å²) in [5.74, 6) is 0.111. The number of fused-ring (bicyclic) bond motifs is 2. The van der Waals surface area contributed by atoms with Gasteiger partial charge in [0.05, 0.1) is 0 Å². The molecule has 0 bridgehead atoms. The predicted molar refractivity (Wildman–Crippen MR) is 130 cm³/mol. The first-order valence-electron chi connectivity index (χ1n) is 11.1. The van der Waals surface area contributed by atoms with Crippen molar-refractivity contribution in [2.45, 2.75) is 33.0 Å². The van der Waals surface area contributed by atoms with Crippen molar-refractivity contribution in [1.82, 2.24) is 24.0 Å². The van der Waals surface area contributed by atoms with Crippen LogP contribution >= 0.6 is 11.6 Å². The highest BCUT2D eigenvalue weighted by molar-refractivity contribution is 6.30. The average Bonchev–Trinajstić information content (AvgIpc) is 2.86. The van der Waals surface area contributed by atoms with Crippen molar-refractivity contribution in [3.8, 4) is 11.4 Å². The zero-order valence-electron chi connectivity index (χ0n) is 18.6. The Balaban J connectivity index is 1.51. The second-order valence-electron chi connectivity index (χ2n) is 8.19. The van der Waals surface area contributed by atoms with Gasteiger partial charge in [-0.3, -0.25) is 18.7 Å². The second kappa shape index (κ2) is 8.87. The number of hydrogen-bond donors (Lipinski definition) is 0. The number of rotatable bonds is 4. The zero-order chi connectivity index (χ0) is 23.8. The first kappa shape index (κ1) is 22.0. The Kier molecular flexibility index (Phi) is 5.75. The summed E-state index contributed by atoms with van der Waals surface area (Å²) in [5.41, 5.74) is 2.13. The van der Waals surface area contributed by atoms with Gasteiger partial charge in [0.1, 0.15) is 11.9 Å². The quantitative estimate of drug-likeness (QED) is 0.452. The molecule has 1 aliphatic heterocycles. The summed E-state index contributed by atoms with van der Waals surface area (Å²) in [7, 11) is 0. The Labute approximate surface area is 200 Å². The van der Waals surface area contributed by atoms with Crippen LogP contribution in [0.15, 0.2) is 64.3 Å². The minimum Gasteiger partial charge on any atom is -0.336 e. The number of aromatic nitrogens is 4. The molecule has 9 heteroatoms. The van der Waals surface area contributed by atoms with E-state index in [1.54, 1.807) is 36.1 Å². The number of carbonyl (C=O) groups excluding carboxylic acids is 1. The Bertz CT molecular complexity index is 1520. The Morgan fingerprint density at radius 1 is 1.03 bits per heavy atom. The van der Waals surface area contributed by atoms with Gasteiger partial charge >= 0.3 is 5.69 Å². The van der Waals surface area contributed by atoms with Gasteiger partial charge in [-0.1, -0.05) is 35.9 Å². The van der Waals surface area contributed by atoms with Crippen LogP contribution in [0, 0.1) is 0 Å². The molecule has 1 amide bonds. The van der Waals surface area contributed by atoms with E-state index >= 15 is 0 Å². The van der Waals surface area contributed by atoms with E-state index in [0.717, 1.165) is 16.6 Å². The summed E-state index contributed by atoms with van der Waals surface area (Å²) >= 11 is 5.96. The third kappa shape index (κ3) is 3.90. The number of benzene rings is 2. The summed E-state index contributed by atoms with van der Waals surface area (Å²) in [6, 6.07) is 15.0. The van der Waals surface area contributed by atoms with Crippen LogP contribution in [-0.4, -0.2) is 36.5 Å². The highest BCUT2D eigenvalue weighted by Gasteiger charge is 2.23. The van der Waals surface area contributed by atoms with Crippen molar-refractivity contribution in [3.63, 3.8) is 0 Å². The van der Waals surface area contributed by atoms with Crippen molar-refractivity contribution in [2.24, 2.45) is 0 Å². The van der Waals surface area contributed by atoms with Gasteiger partial charge in [0.15, 0.2) is 11.5 Å². The van der Waals surface area contributed by atoms with Gasteiger partial charge < -0.3 is 4.90 Å². The van der Waals surface area contributed by atoms with E-state index in [1.165, 1.54) is 16.3 Å². The Hall–Kier alpha value is -3.78. The molecule has 0 unspecified atom stereocenters. The molecule has 2 aromatic carbocycles. The number of halogens is 1. The summed E-state index contributed by atoms with van der Waals surface area (Å²) in [5, 5.41) is 0.774. The van der Waals surface area contributed by atoms with Crippen LogP contribution in [0.1, 0.15) is 18.1 Å². The maximum atomic E-state index is 13.2.